The number of amides is 2. The fourth-order valence-electron chi connectivity index (χ4n) is 2.61. The number of nitrogens with one attached hydrogen (secondary N) is 1. The smallest absolute Gasteiger partial charge is 0.240 e. The minimum Gasteiger partial charge on any atom is -0.347 e. The molecular formula is C18H23ClN2O3. The summed E-state index contributed by atoms with van der Waals surface area (Å²) in [5.74, 6) is -0.576. The molecule has 0 spiro atoms. The van der Waals surface area contributed by atoms with Crippen LogP contribution in [0.25, 0.3) is 0 Å². The molecule has 0 saturated carbocycles. The van der Waals surface area contributed by atoms with E-state index >= 15 is 0 Å². The number of halogens is 1. The summed E-state index contributed by atoms with van der Waals surface area (Å²) < 4.78 is 0. The lowest BCUT2D eigenvalue weighted by Gasteiger charge is -2.21. The van der Waals surface area contributed by atoms with E-state index in [0.717, 1.165) is 5.56 Å². The molecule has 2 rings (SSSR count). The van der Waals surface area contributed by atoms with Crippen molar-refractivity contribution in [2.75, 3.05) is 18.0 Å². The Bertz CT molecular complexity index is 705. The Hall–Kier alpha value is -1.88. The van der Waals surface area contributed by atoms with Gasteiger partial charge in [-0.3, -0.25) is 14.4 Å². The second-order valence-corrected chi connectivity index (χ2v) is 8.06. The van der Waals surface area contributed by atoms with E-state index in [1.807, 2.05) is 13.8 Å². The summed E-state index contributed by atoms with van der Waals surface area (Å²) in [6, 6.07) is 5.21. The van der Waals surface area contributed by atoms with E-state index in [1.165, 1.54) is 4.90 Å². The van der Waals surface area contributed by atoms with E-state index in [1.54, 1.807) is 39.0 Å². The number of benzene rings is 1. The molecule has 0 saturated heterocycles. The molecule has 6 heteroatoms. The van der Waals surface area contributed by atoms with Crippen molar-refractivity contribution in [3.8, 4) is 0 Å². The molecule has 24 heavy (non-hydrogen) atoms. The maximum absolute atomic E-state index is 12.7. The van der Waals surface area contributed by atoms with Crippen LogP contribution in [0.4, 0.5) is 5.69 Å². The van der Waals surface area contributed by atoms with Crippen molar-refractivity contribution in [1.82, 2.24) is 5.32 Å². The highest BCUT2D eigenvalue weighted by atomic mass is 35.5. The van der Waals surface area contributed by atoms with Crippen molar-refractivity contribution in [2.24, 2.45) is 5.41 Å². The van der Waals surface area contributed by atoms with E-state index in [0.29, 0.717) is 10.7 Å². The van der Waals surface area contributed by atoms with Crippen molar-refractivity contribution in [3.05, 3.63) is 28.8 Å². The molecule has 0 bridgehead atoms. The SMILES string of the molecule is CC(C)(C)C(=O)CNC(=O)CN1C(=O)C(C)(C)c2cc(Cl)ccc21. The summed E-state index contributed by atoms with van der Waals surface area (Å²) >= 11 is 6.03. The van der Waals surface area contributed by atoms with Crippen LogP contribution in [0.2, 0.25) is 5.02 Å². The van der Waals surface area contributed by atoms with Gasteiger partial charge in [-0.15, -0.1) is 0 Å². The zero-order valence-corrected chi connectivity index (χ0v) is 15.5. The number of carbonyl (C=O) groups is 3. The highest BCUT2D eigenvalue weighted by molar-refractivity contribution is 6.31. The lowest BCUT2D eigenvalue weighted by Crippen LogP contribution is -2.44. The molecule has 0 aliphatic carbocycles. The first-order valence-corrected chi connectivity index (χ1v) is 8.24. The van der Waals surface area contributed by atoms with E-state index in [-0.39, 0.29) is 30.7 Å². The number of nitrogens with zero attached hydrogens (tertiary/aromatic N) is 1. The van der Waals surface area contributed by atoms with Gasteiger partial charge in [-0.1, -0.05) is 32.4 Å². The normalized spacial score (nSPS) is 16.1. The molecule has 1 aromatic rings. The Labute approximate surface area is 147 Å². The molecule has 1 N–H and O–H groups in total. The van der Waals surface area contributed by atoms with Gasteiger partial charge in [0.1, 0.15) is 6.54 Å². The average Bonchev–Trinajstić information content (AvgIpc) is 2.65. The van der Waals surface area contributed by atoms with Gasteiger partial charge in [-0.25, -0.2) is 0 Å². The van der Waals surface area contributed by atoms with Crippen LogP contribution < -0.4 is 10.2 Å². The summed E-state index contributed by atoms with van der Waals surface area (Å²) in [5.41, 5.74) is 0.245. The third-order valence-corrected chi connectivity index (χ3v) is 4.52. The fourth-order valence-corrected chi connectivity index (χ4v) is 2.78. The van der Waals surface area contributed by atoms with Crippen LogP contribution in [0, 0.1) is 5.41 Å². The lowest BCUT2D eigenvalue weighted by atomic mass is 9.86. The Kier molecular flexibility index (Phi) is 4.77. The van der Waals surface area contributed by atoms with Gasteiger partial charge in [0.2, 0.25) is 11.8 Å². The van der Waals surface area contributed by atoms with Gasteiger partial charge >= 0.3 is 0 Å². The second-order valence-electron chi connectivity index (χ2n) is 7.63. The molecule has 1 heterocycles. The summed E-state index contributed by atoms with van der Waals surface area (Å²) in [6.07, 6.45) is 0. The third kappa shape index (κ3) is 3.46. The zero-order valence-electron chi connectivity index (χ0n) is 14.7. The number of hydrogen-bond acceptors (Lipinski definition) is 3. The van der Waals surface area contributed by atoms with Crippen LogP contribution in [0.15, 0.2) is 18.2 Å². The molecule has 2 amide bonds. The lowest BCUT2D eigenvalue weighted by molar-refractivity contribution is -0.129. The Morgan fingerprint density at radius 2 is 1.88 bits per heavy atom. The summed E-state index contributed by atoms with van der Waals surface area (Å²) in [5, 5.41) is 3.15. The first-order valence-electron chi connectivity index (χ1n) is 7.86. The maximum atomic E-state index is 12.7. The van der Waals surface area contributed by atoms with Gasteiger partial charge in [0.25, 0.3) is 0 Å². The number of carbonyl (C=O) groups excluding carboxylic acids is 3. The molecule has 0 radical (unpaired) electrons. The van der Waals surface area contributed by atoms with Gasteiger partial charge in [0, 0.05) is 16.1 Å². The van der Waals surface area contributed by atoms with Crippen molar-refractivity contribution in [1.29, 1.82) is 0 Å². The van der Waals surface area contributed by atoms with Crippen molar-refractivity contribution < 1.29 is 14.4 Å². The number of Topliss-reactive ketones (excluding diaryl/α,β-unsaturated/α-hetero) is 1. The van der Waals surface area contributed by atoms with E-state index < -0.39 is 10.8 Å². The molecular weight excluding hydrogens is 328 g/mol. The number of fused-ring (bicyclic) bond motifs is 1. The molecule has 130 valence electrons. The van der Waals surface area contributed by atoms with E-state index in [9.17, 15) is 14.4 Å². The number of hydrogen-bond donors (Lipinski definition) is 1. The monoisotopic (exact) mass is 350 g/mol. The first-order chi connectivity index (χ1) is 10.9. The third-order valence-electron chi connectivity index (χ3n) is 4.29. The summed E-state index contributed by atoms with van der Waals surface area (Å²) in [7, 11) is 0. The van der Waals surface area contributed by atoms with Crippen LogP contribution in [-0.4, -0.2) is 30.7 Å². The minimum atomic E-state index is -0.734. The highest BCUT2D eigenvalue weighted by Gasteiger charge is 2.44. The Balaban J connectivity index is 2.12. The molecule has 0 fully saturated rings. The van der Waals surface area contributed by atoms with Crippen LogP contribution in [0.3, 0.4) is 0 Å². The van der Waals surface area contributed by atoms with Crippen LogP contribution in [0.5, 0.6) is 0 Å². The molecule has 5 nitrogen and oxygen atoms in total. The molecule has 0 atom stereocenters. The summed E-state index contributed by atoms with van der Waals surface area (Å²) in [4.78, 5) is 38.2. The van der Waals surface area contributed by atoms with Crippen molar-refractivity contribution in [2.45, 2.75) is 40.0 Å². The van der Waals surface area contributed by atoms with Gasteiger partial charge in [0.15, 0.2) is 5.78 Å². The van der Waals surface area contributed by atoms with Gasteiger partial charge in [-0.05, 0) is 37.6 Å². The summed E-state index contributed by atoms with van der Waals surface area (Å²) in [6.45, 7) is 8.86. The highest BCUT2D eigenvalue weighted by Crippen LogP contribution is 2.42. The standard InChI is InChI=1S/C18H23ClN2O3/c1-17(2,3)14(22)9-20-15(23)10-21-13-7-6-11(19)8-12(13)18(4,5)16(21)24/h6-8H,9-10H2,1-5H3,(H,20,23). The van der Waals surface area contributed by atoms with Crippen molar-refractivity contribution in [3.63, 3.8) is 0 Å². The fraction of sp³-hybridized carbons (Fsp3) is 0.500. The van der Waals surface area contributed by atoms with Crippen LogP contribution >= 0.6 is 11.6 Å². The minimum absolute atomic E-state index is 0.0404. The number of rotatable bonds is 4. The van der Waals surface area contributed by atoms with Crippen molar-refractivity contribution >= 4 is 34.9 Å². The van der Waals surface area contributed by atoms with Gasteiger partial charge in [-0.2, -0.15) is 0 Å². The Morgan fingerprint density at radius 1 is 1.25 bits per heavy atom. The molecule has 0 aromatic heterocycles. The number of anilines is 1. The van der Waals surface area contributed by atoms with Crippen LogP contribution in [0.1, 0.15) is 40.2 Å². The quantitative estimate of drug-likeness (QED) is 0.907. The molecule has 0 unspecified atom stereocenters. The first kappa shape index (κ1) is 18.5. The second kappa shape index (κ2) is 6.20. The average molecular weight is 351 g/mol. The van der Waals surface area contributed by atoms with E-state index in [4.69, 9.17) is 11.6 Å². The van der Waals surface area contributed by atoms with E-state index in [2.05, 4.69) is 5.32 Å². The van der Waals surface area contributed by atoms with Gasteiger partial charge in [0.05, 0.1) is 12.0 Å². The Morgan fingerprint density at radius 3 is 2.46 bits per heavy atom. The largest absolute Gasteiger partial charge is 0.347 e. The van der Waals surface area contributed by atoms with Gasteiger partial charge < -0.3 is 10.2 Å². The topological polar surface area (TPSA) is 66.5 Å². The predicted molar refractivity (Wildman–Crippen MR) is 94.3 cm³/mol. The number of ketones is 1. The molecule has 1 aliphatic heterocycles. The predicted octanol–water partition coefficient (Wildman–Crippen LogP) is 2.70. The van der Waals surface area contributed by atoms with Crippen LogP contribution in [-0.2, 0) is 19.8 Å². The zero-order chi connectivity index (χ0) is 18.3. The molecule has 1 aliphatic rings. The maximum Gasteiger partial charge on any atom is 0.240 e. The molecule has 1 aromatic carbocycles.